The minimum Gasteiger partial charge on any atom is -0.386 e. The van der Waals surface area contributed by atoms with Crippen molar-refractivity contribution in [2.45, 2.75) is 31.8 Å². The van der Waals surface area contributed by atoms with Crippen molar-refractivity contribution in [1.82, 2.24) is 9.03 Å². The molecule has 0 aromatic heterocycles. The van der Waals surface area contributed by atoms with Crippen LogP contribution in [0.5, 0.6) is 0 Å². The fraction of sp³-hybridized carbons (Fsp3) is 1.00. The summed E-state index contributed by atoms with van der Waals surface area (Å²) in [6.45, 7) is 0.150. The van der Waals surface area contributed by atoms with Crippen LogP contribution in [-0.2, 0) is 10.2 Å². The zero-order chi connectivity index (χ0) is 12.2. The van der Waals surface area contributed by atoms with E-state index >= 15 is 0 Å². The monoisotopic (exact) mass is 258 g/mol. The van der Waals surface area contributed by atoms with E-state index in [1.54, 1.807) is 0 Å². The smallest absolute Gasteiger partial charge is 0.279 e. The Hall–Kier alpha value is -0.310. The van der Waals surface area contributed by atoms with E-state index in [1.165, 1.54) is 4.31 Å². The number of hydrogen-bond donors (Lipinski definition) is 2. The maximum atomic E-state index is 11.9. The first-order valence-corrected chi connectivity index (χ1v) is 6.58. The van der Waals surface area contributed by atoms with Gasteiger partial charge in [0.25, 0.3) is 16.6 Å². The van der Waals surface area contributed by atoms with E-state index < -0.39 is 29.3 Å². The molecule has 1 unspecified atom stereocenters. The van der Waals surface area contributed by atoms with Gasteiger partial charge in [0.2, 0.25) is 0 Å². The molecule has 96 valence electrons. The SMILES string of the molecule is O=S(=O)(NCC(O)C(F)F)N1CCCCC1. The zero-order valence-electron chi connectivity index (χ0n) is 8.77. The van der Waals surface area contributed by atoms with Crippen LogP contribution in [0.15, 0.2) is 0 Å². The molecule has 0 amide bonds. The van der Waals surface area contributed by atoms with Crippen LogP contribution in [0.4, 0.5) is 8.78 Å². The molecule has 1 heterocycles. The summed E-state index contributed by atoms with van der Waals surface area (Å²) in [6, 6.07) is 0. The van der Waals surface area contributed by atoms with Gasteiger partial charge in [-0.2, -0.15) is 17.4 Å². The van der Waals surface area contributed by atoms with Crippen molar-refractivity contribution in [3.05, 3.63) is 0 Å². The van der Waals surface area contributed by atoms with Gasteiger partial charge in [0.15, 0.2) is 0 Å². The number of rotatable bonds is 5. The van der Waals surface area contributed by atoms with Gasteiger partial charge in [0.05, 0.1) is 0 Å². The number of alkyl halides is 2. The normalized spacial score (nSPS) is 21.2. The van der Waals surface area contributed by atoms with Gasteiger partial charge in [0, 0.05) is 19.6 Å². The second-order valence-corrected chi connectivity index (χ2v) is 5.47. The van der Waals surface area contributed by atoms with Crippen molar-refractivity contribution >= 4 is 10.2 Å². The van der Waals surface area contributed by atoms with Gasteiger partial charge in [-0.15, -0.1) is 0 Å². The Balaban J connectivity index is 2.44. The molecule has 0 aromatic rings. The Morgan fingerprint density at radius 3 is 2.31 bits per heavy atom. The third-order valence-electron chi connectivity index (χ3n) is 2.42. The van der Waals surface area contributed by atoms with E-state index in [9.17, 15) is 17.2 Å². The Morgan fingerprint density at radius 2 is 1.81 bits per heavy atom. The third-order valence-corrected chi connectivity index (χ3v) is 4.00. The zero-order valence-corrected chi connectivity index (χ0v) is 9.59. The van der Waals surface area contributed by atoms with Crippen molar-refractivity contribution in [2.24, 2.45) is 0 Å². The third kappa shape index (κ3) is 3.93. The minimum atomic E-state index is -3.72. The molecule has 1 saturated heterocycles. The molecular formula is C8H16F2N2O3S. The van der Waals surface area contributed by atoms with Crippen LogP contribution < -0.4 is 4.72 Å². The Bertz CT molecular complexity index is 304. The summed E-state index contributed by atoms with van der Waals surface area (Å²) in [4.78, 5) is 0. The summed E-state index contributed by atoms with van der Waals surface area (Å²) < 4.78 is 50.2. The first kappa shape index (κ1) is 13.8. The number of halogens is 2. The average molecular weight is 258 g/mol. The second-order valence-electron chi connectivity index (χ2n) is 3.72. The maximum Gasteiger partial charge on any atom is 0.279 e. The molecule has 8 heteroatoms. The molecule has 1 aliphatic rings. The van der Waals surface area contributed by atoms with Crippen LogP contribution >= 0.6 is 0 Å². The molecule has 0 radical (unpaired) electrons. The first-order valence-electron chi connectivity index (χ1n) is 5.14. The molecule has 1 atom stereocenters. The van der Waals surface area contributed by atoms with E-state index in [4.69, 9.17) is 5.11 Å². The molecule has 16 heavy (non-hydrogen) atoms. The summed E-state index contributed by atoms with van der Waals surface area (Å²) >= 11 is 0. The van der Waals surface area contributed by atoms with E-state index in [0.717, 1.165) is 19.3 Å². The van der Waals surface area contributed by atoms with Crippen LogP contribution in [0.2, 0.25) is 0 Å². The van der Waals surface area contributed by atoms with E-state index in [0.29, 0.717) is 13.1 Å². The largest absolute Gasteiger partial charge is 0.386 e. The Kier molecular flexibility index (Phi) is 5.03. The molecule has 1 rings (SSSR count). The fourth-order valence-electron chi connectivity index (χ4n) is 1.48. The highest BCUT2D eigenvalue weighted by Crippen LogP contribution is 2.12. The van der Waals surface area contributed by atoms with Crippen molar-refractivity contribution in [3.8, 4) is 0 Å². The lowest BCUT2D eigenvalue weighted by molar-refractivity contribution is -0.000646. The predicted octanol–water partition coefficient (Wildman–Crippen LogP) is -0.0673. The number of hydrogen-bond acceptors (Lipinski definition) is 3. The van der Waals surface area contributed by atoms with Gasteiger partial charge >= 0.3 is 0 Å². The van der Waals surface area contributed by atoms with Crippen molar-refractivity contribution in [1.29, 1.82) is 0 Å². The molecule has 0 bridgehead atoms. The molecule has 1 aliphatic heterocycles. The van der Waals surface area contributed by atoms with E-state index in [2.05, 4.69) is 0 Å². The summed E-state index contributed by atoms with van der Waals surface area (Å²) in [6.07, 6.45) is -2.37. The molecule has 0 aromatic carbocycles. The summed E-state index contributed by atoms with van der Waals surface area (Å²) in [5.41, 5.74) is 0. The number of aliphatic hydroxyl groups is 1. The van der Waals surface area contributed by atoms with E-state index in [1.807, 2.05) is 4.72 Å². The molecule has 0 aliphatic carbocycles. The van der Waals surface area contributed by atoms with Gasteiger partial charge in [-0.1, -0.05) is 6.42 Å². The highest BCUT2D eigenvalue weighted by atomic mass is 32.2. The van der Waals surface area contributed by atoms with E-state index in [-0.39, 0.29) is 0 Å². The Labute approximate surface area is 93.6 Å². The van der Waals surface area contributed by atoms with Crippen LogP contribution in [0.25, 0.3) is 0 Å². The maximum absolute atomic E-state index is 11.9. The lowest BCUT2D eigenvalue weighted by Crippen LogP contribution is -2.46. The van der Waals surface area contributed by atoms with Gasteiger partial charge in [0.1, 0.15) is 6.10 Å². The van der Waals surface area contributed by atoms with Crippen LogP contribution in [0.3, 0.4) is 0 Å². The highest BCUT2D eigenvalue weighted by Gasteiger charge is 2.26. The lowest BCUT2D eigenvalue weighted by atomic mass is 10.2. The number of piperidine rings is 1. The Morgan fingerprint density at radius 1 is 1.25 bits per heavy atom. The topological polar surface area (TPSA) is 69.6 Å². The van der Waals surface area contributed by atoms with Crippen molar-refractivity contribution in [3.63, 3.8) is 0 Å². The number of nitrogens with one attached hydrogen (secondary N) is 1. The molecule has 5 nitrogen and oxygen atoms in total. The molecule has 1 fully saturated rings. The van der Waals surface area contributed by atoms with Gasteiger partial charge in [-0.3, -0.25) is 0 Å². The molecule has 2 N–H and O–H groups in total. The highest BCUT2D eigenvalue weighted by molar-refractivity contribution is 7.87. The van der Waals surface area contributed by atoms with Crippen LogP contribution in [0, 0.1) is 0 Å². The molecule has 0 spiro atoms. The average Bonchev–Trinajstić information content (AvgIpc) is 2.27. The van der Waals surface area contributed by atoms with Crippen LogP contribution in [-0.4, -0.2) is 50.0 Å². The fourth-order valence-corrected chi connectivity index (χ4v) is 2.78. The van der Waals surface area contributed by atoms with Crippen molar-refractivity contribution in [2.75, 3.05) is 19.6 Å². The predicted molar refractivity (Wildman–Crippen MR) is 54.4 cm³/mol. The van der Waals surface area contributed by atoms with Crippen molar-refractivity contribution < 1.29 is 22.3 Å². The minimum absolute atomic E-state index is 0.403. The van der Waals surface area contributed by atoms with Gasteiger partial charge in [-0.05, 0) is 12.8 Å². The molecular weight excluding hydrogens is 242 g/mol. The lowest BCUT2D eigenvalue weighted by Gasteiger charge is -2.26. The summed E-state index contributed by atoms with van der Waals surface area (Å²) in [5, 5.41) is 8.79. The number of nitrogens with zero attached hydrogens (tertiary/aromatic N) is 1. The molecule has 0 saturated carbocycles. The van der Waals surface area contributed by atoms with Gasteiger partial charge in [-0.25, -0.2) is 8.78 Å². The van der Waals surface area contributed by atoms with Gasteiger partial charge < -0.3 is 5.11 Å². The quantitative estimate of drug-likeness (QED) is 0.725. The number of aliphatic hydroxyl groups excluding tert-OH is 1. The second kappa shape index (κ2) is 5.85. The van der Waals surface area contributed by atoms with Crippen LogP contribution in [0.1, 0.15) is 19.3 Å². The first-order chi connectivity index (χ1) is 7.43. The summed E-state index contributed by atoms with van der Waals surface area (Å²) in [5.74, 6) is 0. The summed E-state index contributed by atoms with van der Waals surface area (Å²) in [7, 11) is -3.72. The standard InChI is InChI=1S/C8H16F2N2O3S/c9-8(10)7(13)6-11-16(14,15)12-4-2-1-3-5-12/h7-8,11,13H,1-6H2.